The second-order valence-electron chi connectivity index (χ2n) is 7.83. The molecule has 92 valence electrons. The van der Waals surface area contributed by atoms with Crippen molar-refractivity contribution < 1.29 is 5.11 Å². The molecule has 0 aliphatic heterocycles. The molecule has 0 bridgehead atoms. The molecule has 3 saturated carbocycles. The molecule has 3 aliphatic carbocycles. The molecule has 1 N–H and O–H groups in total. The minimum Gasteiger partial charge on any atom is -0.390 e. The van der Waals surface area contributed by atoms with Gasteiger partial charge in [0, 0.05) is 0 Å². The average molecular weight is 222 g/mol. The van der Waals surface area contributed by atoms with Crippen LogP contribution in [0.25, 0.3) is 0 Å². The van der Waals surface area contributed by atoms with Crippen LogP contribution in [-0.2, 0) is 0 Å². The molecule has 3 rings (SSSR count). The van der Waals surface area contributed by atoms with Crippen LogP contribution in [0.1, 0.15) is 59.8 Å². The zero-order valence-electron chi connectivity index (χ0n) is 11.2. The lowest BCUT2D eigenvalue weighted by molar-refractivity contribution is -0.122. The second-order valence-corrected chi connectivity index (χ2v) is 7.83. The summed E-state index contributed by atoms with van der Waals surface area (Å²) >= 11 is 0. The van der Waals surface area contributed by atoms with Crippen LogP contribution in [0.3, 0.4) is 0 Å². The SMILES string of the molecule is CC1(C)[C@@H]2[C@H]1CC[C@]1(C)CCC[C@@](C)(O)[C@@H]21. The summed E-state index contributed by atoms with van der Waals surface area (Å²) in [6, 6.07) is 0. The Labute approximate surface area is 99.6 Å². The highest BCUT2D eigenvalue weighted by Crippen LogP contribution is 2.74. The van der Waals surface area contributed by atoms with Crippen LogP contribution in [0.5, 0.6) is 0 Å². The van der Waals surface area contributed by atoms with E-state index in [9.17, 15) is 5.11 Å². The third kappa shape index (κ3) is 1.21. The molecule has 5 atom stereocenters. The van der Waals surface area contributed by atoms with Gasteiger partial charge in [-0.1, -0.05) is 27.2 Å². The van der Waals surface area contributed by atoms with Crippen LogP contribution in [-0.4, -0.2) is 10.7 Å². The maximum Gasteiger partial charge on any atom is 0.0656 e. The van der Waals surface area contributed by atoms with Gasteiger partial charge in [-0.05, 0) is 61.2 Å². The summed E-state index contributed by atoms with van der Waals surface area (Å²) in [6.07, 6.45) is 6.33. The van der Waals surface area contributed by atoms with Crippen LogP contribution in [0, 0.1) is 28.6 Å². The second kappa shape index (κ2) is 2.85. The molecule has 0 aromatic heterocycles. The molecule has 0 unspecified atom stereocenters. The lowest BCUT2D eigenvalue weighted by Gasteiger charge is -2.52. The minimum absolute atomic E-state index is 0.399. The Kier molecular flexibility index (Phi) is 1.98. The van der Waals surface area contributed by atoms with Crippen molar-refractivity contribution in [2.45, 2.75) is 65.4 Å². The summed E-state index contributed by atoms with van der Waals surface area (Å²) in [5.74, 6) is 2.25. The van der Waals surface area contributed by atoms with Gasteiger partial charge in [0.15, 0.2) is 0 Å². The Morgan fingerprint density at radius 3 is 2.38 bits per heavy atom. The standard InChI is InChI=1S/C15H26O/c1-13(2)10-6-9-14(3)7-5-8-15(4,16)12(14)11(10)13/h10-12,16H,5-9H2,1-4H3/t10-,11-,12+,14+,15-/m1/s1. The van der Waals surface area contributed by atoms with Crippen LogP contribution in [0.2, 0.25) is 0 Å². The van der Waals surface area contributed by atoms with Crippen LogP contribution in [0.4, 0.5) is 0 Å². The van der Waals surface area contributed by atoms with Crippen molar-refractivity contribution in [3.63, 3.8) is 0 Å². The molecule has 1 heteroatoms. The summed E-state index contributed by atoms with van der Waals surface area (Å²) in [5, 5.41) is 10.8. The van der Waals surface area contributed by atoms with Crippen LogP contribution in [0.15, 0.2) is 0 Å². The highest BCUT2D eigenvalue weighted by Gasteiger charge is 2.69. The van der Waals surface area contributed by atoms with E-state index in [0.717, 1.165) is 18.3 Å². The van der Waals surface area contributed by atoms with E-state index in [1.165, 1.54) is 25.7 Å². The molecule has 0 aromatic rings. The van der Waals surface area contributed by atoms with Gasteiger partial charge in [0.05, 0.1) is 5.60 Å². The largest absolute Gasteiger partial charge is 0.390 e. The molecule has 0 spiro atoms. The lowest BCUT2D eigenvalue weighted by Crippen LogP contribution is -2.51. The first-order chi connectivity index (χ1) is 7.29. The molecular formula is C15H26O. The molecule has 0 aromatic carbocycles. The zero-order chi connectivity index (χ0) is 11.8. The Hall–Kier alpha value is -0.0400. The topological polar surface area (TPSA) is 20.2 Å². The maximum atomic E-state index is 10.8. The first-order valence-electron chi connectivity index (χ1n) is 7.01. The molecular weight excluding hydrogens is 196 g/mol. The van der Waals surface area contributed by atoms with E-state index in [-0.39, 0.29) is 0 Å². The van der Waals surface area contributed by atoms with E-state index in [1.54, 1.807) is 0 Å². The van der Waals surface area contributed by atoms with E-state index in [1.807, 2.05) is 0 Å². The monoisotopic (exact) mass is 222 g/mol. The minimum atomic E-state index is -0.399. The third-order valence-corrected chi connectivity index (χ3v) is 6.38. The van der Waals surface area contributed by atoms with Crippen molar-refractivity contribution in [2.24, 2.45) is 28.6 Å². The fourth-order valence-corrected chi connectivity index (χ4v) is 5.50. The summed E-state index contributed by atoms with van der Waals surface area (Å²) in [6.45, 7) is 9.37. The molecule has 3 aliphatic rings. The van der Waals surface area contributed by atoms with Gasteiger partial charge in [-0.15, -0.1) is 0 Å². The van der Waals surface area contributed by atoms with E-state index in [4.69, 9.17) is 0 Å². The number of aliphatic hydroxyl groups is 1. The molecule has 0 amide bonds. The van der Waals surface area contributed by atoms with Crippen LogP contribution < -0.4 is 0 Å². The van der Waals surface area contributed by atoms with Crippen molar-refractivity contribution in [3.8, 4) is 0 Å². The smallest absolute Gasteiger partial charge is 0.0656 e. The molecule has 0 radical (unpaired) electrons. The van der Waals surface area contributed by atoms with Crippen molar-refractivity contribution in [2.75, 3.05) is 0 Å². The third-order valence-electron chi connectivity index (χ3n) is 6.38. The molecule has 0 heterocycles. The van der Waals surface area contributed by atoms with Gasteiger partial charge in [0.25, 0.3) is 0 Å². The van der Waals surface area contributed by atoms with Crippen LogP contribution >= 0.6 is 0 Å². The summed E-state index contributed by atoms with van der Waals surface area (Å²) in [7, 11) is 0. The van der Waals surface area contributed by atoms with Gasteiger partial charge in [0.2, 0.25) is 0 Å². The fraction of sp³-hybridized carbons (Fsp3) is 1.00. The highest BCUT2D eigenvalue weighted by molar-refractivity contribution is 5.18. The average Bonchev–Trinajstić information content (AvgIpc) is 2.66. The Balaban J connectivity index is 1.98. The predicted octanol–water partition coefficient (Wildman–Crippen LogP) is 3.61. The van der Waals surface area contributed by atoms with E-state index in [0.29, 0.717) is 16.7 Å². The van der Waals surface area contributed by atoms with Crippen molar-refractivity contribution in [1.82, 2.24) is 0 Å². The van der Waals surface area contributed by atoms with E-state index in [2.05, 4.69) is 27.7 Å². The summed E-state index contributed by atoms with van der Waals surface area (Å²) in [5.41, 5.74) is 0.532. The molecule has 16 heavy (non-hydrogen) atoms. The molecule has 0 saturated heterocycles. The van der Waals surface area contributed by atoms with Gasteiger partial charge in [-0.2, -0.15) is 0 Å². The highest BCUT2D eigenvalue weighted by atomic mass is 16.3. The van der Waals surface area contributed by atoms with E-state index >= 15 is 0 Å². The number of fused-ring (bicyclic) bond motifs is 3. The first-order valence-corrected chi connectivity index (χ1v) is 7.01. The fourth-order valence-electron chi connectivity index (χ4n) is 5.50. The van der Waals surface area contributed by atoms with Crippen molar-refractivity contribution >= 4 is 0 Å². The van der Waals surface area contributed by atoms with E-state index < -0.39 is 5.60 Å². The Morgan fingerprint density at radius 1 is 1.00 bits per heavy atom. The van der Waals surface area contributed by atoms with Crippen molar-refractivity contribution in [3.05, 3.63) is 0 Å². The number of hydrogen-bond acceptors (Lipinski definition) is 1. The normalized spacial score (nSPS) is 58.7. The van der Waals surface area contributed by atoms with Gasteiger partial charge >= 0.3 is 0 Å². The number of rotatable bonds is 0. The summed E-state index contributed by atoms with van der Waals surface area (Å²) in [4.78, 5) is 0. The van der Waals surface area contributed by atoms with Gasteiger partial charge in [0.1, 0.15) is 0 Å². The Bertz CT molecular complexity index is 317. The summed E-state index contributed by atoms with van der Waals surface area (Å²) < 4.78 is 0. The van der Waals surface area contributed by atoms with Gasteiger partial charge in [-0.25, -0.2) is 0 Å². The van der Waals surface area contributed by atoms with Crippen molar-refractivity contribution in [1.29, 1.82) is 0 Å². The molecule has 3 fully saturated rings. The zero-order valence-corrected chi connectivity index (χ0v) is 11.2. The predicted molar refractivity (Wildman–Crippen MR) is 66.1 cm³/mol. The lowest BCUT2D eigenvalue weighted by atomic mass is 9.55. The van der Waals surface area contributed by atoms with Gasteiger partial charge < -0.3 is 5.11 Å². The number of hydrogen-bond donors (Lipinski definition) is 1. The maximum absolute atomic E-state index is 10.8. The quantitative estimate of drug-likeness (QED) is 0.664. The van der Waals surface area contributed by atoms with Gasteiger partial charge in [-0.3, -0.25) is 0 Å². The Morgan fingerprint density at radius 2 is 1.69 bits per heavy atom. The first kappa shape index (κ1) is 11.1. The molecule has 1 nitrogen and oxygen atoms in total.